The van der Waals surface area contributed by atoms with Crippen LogP contribution in [-0.2, 0) is 13.0 Å². The fourth-order valence-electron chi connectivity index (χ4n) is 4.67. The largest absolute Gasteiger partial charge is 0.493 e. The Kier molecular flexibility index (Phi) is 4.85. The maximum Gasteiger partial charge on any atom is 0.125 e. The van der Waals surface area contributed by atoms with Gasteiger partial charge in [-0.3, -0.25) is 4.90 Å². The number of ether oxygens (including phenoxy) is 1. The molecule has 148 valence electrons. The van der Waals surface area contributed by atoms with E-state index < -0.39 is 5.67 Å². The number of nitrogens with one attached hydrogen (secondary N) is 1. The van der Waals surface area contributed by atoms with E-state index in [1.807, 2.05) is 6.07 Å². The molecule has 2 aromatic carbocycles. The standard InChI is InChI=1S/C24H29FN2O/c25-24(9-11-27(12-10-24)16-18-4-2-1-3-5-18)17-26-22-15-21(22)19-6-7-23-20(14-19)8-13-28-23/h1-7,14,21-22,26H,8-13,15-17H2. The van der Waals surface area contributed by atoms with Gasteiger partial charge in [-0.15, -0.1) is 0 Å². The molecule has 2 heterocycles. The normalized spacial score (nSPS) is 25.9. The van der Waals surface area contributed by atoms with Gasteiger partial charge in [0.05, 0.1) is 6.61 Å². The molecule has 1 saturated heterocycles. The van der Waals surface area contributed by atoms with Crippen molar-refractivity contribution in [2.45, 2.75) is 49.9 Å². The molecule has 0 aromatic heterocycles. The lowest BCUT2D eigenvalue weighted by Crippen LogP contribution is -2.47. The maximum absolute atomic E-state index is 15.3. The number of fused-ring (bicyclic) bond motifs is 1. The minimum absolute atomic E-state index is 0.426. The van der Waals surface area contributed by atoms with E-state index in [2.05, 4.69) is 52.7 Å². The molecule has 2 aromatic rings. The van der Waals surface area contributed by atoms with Crippen molar-refractivity contribution >= 4 is 0 Å². The summed E-state index contributed by atoms with van der Waals surface area (Å²) in [6.07, 6.45) is 3.39. The molecule has 1 aliphatic carbocycles. The van der Waals surface area contributed by atoms with Crippen LogP contribution in [0.1, 0.15) is 41.9 Å². The zero-order valence-corrected chi connectivity index (χ0v) is 16.4. The molecule has 1 saturated carbocycles. The Morgan fingerprint density at radius 3 is 2.75 bits per heavy atom. The first-order chi connectivity index (χ1) is 13.7. The molecule has 2 atom stereocenters. The number of halogens is 1. The lowest BCUT2D eigenvalue weighted by molar-refractivity contribution is 0.0544. The van der Waals surface area contributed by atoms with Gasteiger partial charge in [0.1, 0.15) is 11.4 Å². The lowest BCUT2D eigenvalue weighted by Gasteiger charge is -2.36. The van der Waals surface area contributed by atoms with Crippen LogP contribution in [0.15, 0.2) is 48.5 Å². The second kappa shape index (κ2) is 7.49. The van der Waals surface area contributed by atoms with Crippen LogP contribution < -0.4 is 10.1 Å². The molecule has 3 aliphatic rings. The second-order valence-corrected chi connectivity index (χ2v) is 8.71. The monoisotopic (exact) mass is 380 g/mol. The molecule has 2 fully saturated rings. The first-order valence-electron chi connectivity index (χ1n) is 10.6. The van der Waals surface area contributed by atoms with E-state index in [0.717, 1.165) is 44.8 Å². The van der Waals surface area contributed by atoms with Crippen molar-refractivity contribution in [2.24, 2.45) is 0 Å². The Hall–Kier alpha value is -1.91. The van der Waals surface area contributed by atoms with Gasteiger partial charge in [-0.05, 0) is 42.0 Å². The number of rotatable bonds is 6. The minimum Gasteiger partial charge on any atom is -0.493 e. The number of hydrogen-bond donors (Lipinski definition) is 1. The molecule has 1 N–H and O–H groups in total. The SMILES string of the molecule is FC1(CNC2CC2c2ccc3c(c2)CCO3)CCN(Cc2ccccc2)CC1. The fraction of sp³-hybridized carbons (Fsp3) is 0.500. The van der Waals surface area contributed by atoms with Crippen molar-refractivity contribution < 1.29 is 9.13 Å². The van der Waals surface area contributed by atoms with Crippen molar-refractivity contribution in [3.8, 4) is 5.75 Å². The Morgan fingerprint density at radius 1 is 1.11 bits per heavy atom. The van der Waals surface area contributed by atoms with Crippen molar-refractivity contribution in [3.05, 3.63) is 65.2 Å². The highest BCUT2D eigenvalue weighted by molar-refractivity contribution is 5.43. The Labute approximate surface area is 166 Å². The highest BCUT2D eigenvalue weighted by Crippen LogP contribution is 2.43. The Morgan fingerprint density at radius 2 is 1.93 bits per heavy atom. The van der Waals surface area contributed by atoms with Gasteiger partial charge in [0.15, 0.2) is 0 Å². The third-order valence-corrected chi connectivity index (χ3v) is 6.61. The van der Waals surface area contributed by atoms with Gasteiger partial charge in [0.25, 0.3) is 0 Å². The van der Waals surface area contributed by atoms with Gasteiger partial charge >= 0.3 is 0 Å². The van der Waals surface area contributed by atoms with E-state index in [0.29, 0.717) is 31.3 Å². The minimum atomic E-state index is -1.06. The molecule has 5 rings (SSSR count). The molecule has 2 unspecified atom stereocenters. The predicted octanol–water partition coefficient (Wildman–Crippen LogP) is 4.07. The summed E-state index contributed by atoms with van der Waals surface area (Å²) in [5, 5.41) is 3.52. The molecular weight excluding hydrogens is 351 g/mol. The molecule has 4 heteroatoms. The molecule has 0 bridgehead atoms. The molecular formula is C24H29FN2O. The predicted molar refractivity (Wildman–Crippen MR) is 110 cm³/mol. The third kappa shape index (κ3) is 3.94. The van der Waals surface area contributed by atoms with Crippen LogP contribution in [0, 0.1) is 0 Å². The molecule has 2 aliphatic heterocycles. The molecule has 0 spiro atoms. The van der Waals surface area contributed by atoms with Gasteiger partial charge in [-0.1, -0.05) is 42.5 Å². The van der Waals surface area contributed by atoms with Crippen LogP contribution >= 0.6 is 0 Å². The van der Waals surface area contributed by atoms with Crippen LogP contribution in [-0.4, -0.2) is 42.9 Å². The summed E-state index contributed by atoms with van der Waals surface area (Å²) in [6, 6.07) is 17.5. The van der Waals surface area contributed by atoms with Crippen molar-refractivity contribution in [3.63, 3.8) is 0 Å². The van der Waals surface area contributed by atoms with Gasteiger partial charge in [0, 0.05) is 44.6 Å². The van der Waals surface area contributed by atoms with E-state index in [4.69, 9.17) is 4.74 Å². The average Bonchev–Trinajstić information content (AvgIpc) is 3.36. The molecule has 3 nitrogen and oxygen atoms in total. The number of alkyl halides is 1. The highest BCUT2D eigenvalue weighted by Gasteiger charge is 2.41. The van der Waals surface area contributed by atoms with E-state index in [-0.39, 0.29) is 0 Å². The number of benzene rings is 2. The number of piperidine rings is 1. The zero-order chi connectivity index (χ0) is 19.0. The summed E-state index contributed by atoms with van der Waals surface area (Å²) >= 11 is 0. The third-order valence-electron chi connectivity index (χ3n) is 6.61. The zero-order valence-electron chi connectivity index (χ0n) is 16.4. The summed E-state index contributed by atoms with van der Waals surface area (Å²) in [7, 11) is 0. The molecule has 0 amide bonds. The molecule has 0 radical (unpaired) electrons. The summed E-state index contributed by atoms with van der Waals surface area (Å²) < 4.78 is 20.9. The van der Waals surface area contributed by atoms with Crippen molar-refractivity contribution in [2.75, 3.05) is 26.2 Å². The summed E-state index contributed by atoms with van der Waals surface area (Å²) in [5.41, 5.74) is 2.96. The van der Waals surface area contributed by atoms with Crippen LogP contribution in [0.3, 0.4) is 0 Å². The van der Waals surface area contributed by atoms with Crippen molar-refractivity contribution in [1.82, 2.24) is 10.2 Å². The average molecular weight is 381 g/mol. The van der Waals surface area contributed by atoms with Gasteiger partial charge in [-0.2, -0.15) is 0 Å². The number of nitrogens with zero attached hydrogens (tertiary/aromatic N) is 1. The highest BCUT2D eigenvalue weighted by atomic mass is 19.1. The first-order valence-corrected chi connectivity index (χ1v) is 10.6. The van der Waals surface area contributed by atoms with E-state index in [1.165, 1.54) is 16.7 Å². The fourth-order valence-corrected chi connectivity index (χ4v) is 4.67. The Balaban J connectivity index is 1.09. The van der Waals surface area contributed by atoms with E-state index in [9.17, 15) is 0 Å². The lowest BCUT2D eigenvalue weighted by atomic mass is 9.93. The first kappa shape index (κ1) is 18.1. The van der Waals surface area contributed by atoms with Gasteiger partial charge in [0.2, 0.25) is 0 Å². The van der Waals surface area contributed by atoms with Gasteiger partial charge in [-0.25, -0.2) is 4.39 Å². The van der Waals surface area contributed by atoms with Crippen LogP contribution in [0.4, 0.5) is 4.39 Å². The van der Waals surface area contributed by atoms with E-state index >= 15 is 4.39 Å². The van der Waals surface area contributed by atoms with Gasteiger partial charge < -0.3 is 10.1 Å². The van der Waals surface area contributed by atoms with E-state index in [1.54, 1.807) is 0 Å². The van der Waals surface area contributed by atoms with Crippen molar-refractivity contribution in [1.29, 1.82) is 0 Å². The van der Waals surface area contributed by atoms with Crippen LogP contribution in [0.5, 0.6) is 5.75 Å². The summed E-state index contributed by atoms with van der Waals surface area (Å²) in [5.74, 6) is 1.58. The quantitative estimate of drug-likeness (QED) is 0.818. The molecule has 28 heavy (non-hydrogen) atoms. The topological polar surface area (TPSA) is 24.5 Å². The smallest absolute Gasteiger partial charge is 0.125 e. The number of likely N-dealkylation sites (tertiary alicyclic amines) is 1. The van der Waals surface area contributed by atoms with Crippen LogP contribution in [0.25, 0.3) is 0 Å². The Bertz CT molecular complexity index is 817. The second-order valence-electron chi connectivity index (χ2n) is 8.71. The number of hydrogen-bond acceptors (Lipinski definition) is 3. The summed E-state index contributed by atoms with van der Waals surface area (Å²) in [4.78, 5) is 2.37. The van der Waals surface area contributed by atoms with Crippen LogP contribution in [0.2, 0.25) is 0 Å². The summed E-state index contributed by atoms with van der Waals surface area (Å²) in [6.45, 7) is 3.90. The maximum atomic E-state index is 15.3.